The van der Waals surface area contributed by atoms with Gasteiger partial charge >= 0.3 is 0 Å². The minimum atomic E-state index is 0.0708. The number of thiazole rings is 1. The first-order chi connectivity index (χ1) is 8.96. The van der Waals surface area contributed by atoms with Gasteiger partial charge in [-0.05, 0) is 24.7 Å². The number of hydrogen-bond donors (Lipinski definition) is 0. The zero-order valence-corrected chi connectivity index (χ0v) is 12.8. The smallest absolute Gasteiger partial charge is 0.186 e. The maximum absolute atomic E-state index is 12.2. The number of ketones is 1. The van der Waals surface area contributed by atoms with Crippen molar-refractivity contribution >= 4 is 22.3 Å². The topological polar surface area (TPSA) is 33.2 Å². The molecule has 2 aliphatic carbocycles. The predicted octanol–water partition coefficient (Wildman–Crippen LogP) is 3.68. The van der Waals surface area contributed by atoms with Gasteiger partial charge in [0, 0.05) is 19.5 Å². The molecule has 3 nitrogen and oxygen atoms in total. The number of hydrogen-bond acceptors (Lipinski definition) is 4. The number of Topliss-reactive ketones (excluding diaryl/α,β-unsaturated/α-hetero) is 1. The molecule has 0 unspecified atom stereocenters. The average Bonchev–Trinajstić information content (AvgIpc) is 2.94. The third-order valence-corrected chi connectivity index (χ3v) is 5.63. The van der Waals surface area contributed by atoms with E-state index in [1.807, 2.05) is 0 Å². The molecular formula is C15H22N2OS. The molecule has 1 aromatic rings. The Balaban J connectivity index is 1.88. The molecule has 2 aliphatic rings. The van der Waals surface area contributed by atoms with E-state index in [-0.39, 0.29) is 11.2 Å². The van der Waals surface area contributed by atoms with E-state index < -0.39 is 0 Å². The fourth-order valence-corrected chi connectivity index (χ4v) is 4.36. The Morgan fingerprint density at radius 3 is 2.63 bits per heavy atom. The Morgan fingerprint density at radius 1 is 1.26 bits per heavy atom. The van der Waals surface area contributed by atoms with Crippen molar-refractivity contribution in [2.45, 2.75) is 58.4 Å². The van der Waals surface area contributed by atoms with Crippen molar-refractivity contribution in [3.05, 3.63) is 10.6 Å². The summed E-state index contributed by atoms with van der Waals surface area (Å²) >= 11 is 1.60. The van der Waals surface area contributed by atoms with Gasteiger partial charge in [-0.1, -0.05) is 38.0 Å². The average molecular weight is 278 g/mol. The first-order valence-electron chi connectivity index (χ1n) is 7.22. The molecule has 0 aromatic carbocycles. The van der Waals surface area contributed by atoms with Gasteiger partial charge in [-0.3, -0.25) is 4.79 Å². The number of carbonyl (C=O) groups excluding carboxylic acids is 1. The summed E-state index contributed by atoms with van der Waals surface area (Å²) in [5.74, 6) is 0.287. The molecule has 0 aliphatic heterocycles. The van der Waals surface area contributed by atoms with Gasteiger partial charge in [0.05, 0.1) is 10.6 Å². The van der Waals surface area contributed by atoms with Gasteiger partial charge in [0.1, 0.15) is 0 Å². The highest BCUT2D eigenvalue weighted by Crippen LogP contribution is 2.40. The van der Waals surface area contributed by atoms with Crippen molar-refractivity contribution in [3.63, 3.8) is 0 Å². The summed E-state index contributed by atoms with van der Waals surface area (Å²) in [6, 6.07) is 0.621. The van der Waals surface area contributed by atoms with Gasteiger partial charge in [-0.2, -0.15) is 0 Å². The molecule has 0 radical (unpaired) electrons. The lowest BCUT2D eigenvalue weighted by Crippen LogP contribution is -2.28. The molecule has 1 aromatic heterocycles. The van der Waals surface area contributed by atoms with Gasteiger partial charge in [-0.25, -0.2) is 4.98 Å². The molecule has 1 saturated carbocycles. The Bertz CT molecular complexity index is 500. The molecule has 0 bridgehead atoms. The molecule has 4 heteroatoms. The van der Waals surface area contributed by atoms with Crippen LogP contribution in [0.2, 0.25) is 0 Å². The molecule has 0 saturated heterocycles. The molecule has 0 spiro atoms. The van der Waals surface area contributed by atoms with Crippen LogP contribution in [-0.2, 0) is 6.42 Å². The van der Waals surface area contributed by atoms with Crippen LogP contribution in [0.1, 0.15) is 61.3 Å². The van der Waals surface area contributed by atoms with Crippen LogP contribution in [0.15, 0.2) is 0 Å². The van der Waals surface area contributed by atoms with Crippen LogP contribution in [0, 0.1) is 5.41 Å². The number of rotatable bonds is 2. The van der Waals surface area contributed by atoms with Crippen LogP contribution >= 0.6 is 11.3 Å². The lowest BCUT2D eigenvalue weighted by atomic mass is 9.78. The fraction of sp³-hybridized carbons (Fsp3) is 0.733. The van der Waals surface area contributed by atoms with E-state index in [4.69, 9.17) is 4.98 Å². The summed E-state index contributed by atoms with van der Waals surface area (Å²) < 4.78 is 0. The summed E-state index contributed by atoms with van der Waals surface area (Å²) in [4.78, 5) is 20.2. The monoisotopic (exact) mass is 278 g/mol. The van der Waals surface area contributed by atoms with Crippen LogP contribution in [0.4, 0.5) is 5.13 Å². The van der Waals surface area contributed by atoms with Crippen LogP contribution in [0.3, 0.4) is 0 Å². The molecule has 3 rings (SSSR count). The van der Waals surface area contributed by atoms with Crippen molar-refractivity contribution < 1.29 is 4.79 Å². The largest absolute Gasteiger partial charge is 0.348 e. The van der Waals surface area contributed by atoms with Crippen LogP contribution < -0.4 is 4.90 Å². The second-order valence-corrected chi connectivity index (χ2v) is 7.74. The SMILES string of the molecule is CN(c1nc2c(s1)C(=O)CC(C)(C)C2)C1CCCC1. The van der Waals surface area contributed by atoms with E-state index in [0.29, 0.717) is 12.5 Å². The normalized spacial score (nSPS) is 22.6. The van der Waals surface area contributed by atoms with Crippen LogP contribution in [-0.4, -0.2) is 23.9 Å². The standard InChI is InChI=1S/C15H22N2OS/c1-15(2)8-11-13(12(18)9-15)19-14(16-11)17(3)10-6-4-5-7-10/h10H,4-9H2,1-3H3. The molecule has 1 heterocycles. The van der Waals surface area contributed by atoms with E-state index in [9.17, 15) is 4.79 Å². The van der Waals surface area contributed by atoms with Crippen molar-refractivity contribution in [2.24, 2.45) is 5.41 Å². The lowest BCUT2D eigenvalue weighted by molar-refractivity contribution is 0.0916. The van der Waals surface area contributed by atoms with Gasteiger partial charge in [0.15, 0.2) is 10.9 Å². The van der Waals surface area contributed by atoms with Crippen molar-refractivity contribution in [1.82, 2.24) is 4.98 Å². The second-order valence-electron chi connectivity index (χ2n) is 6.76. The number of carbonyl (C=O) groups is 1. The summed E-state index contributed by atoms with van der Waals surface area (Å²) in [5, 5.41) is 1.04. The summed E-state index contributed by atoms with van der Waals surface area (Å²) in [6.45, 7) is 4.32. The summed E-state index contributed by atoms with van der Waals surface area (Å²) in [7, 11) is 2.13. The Morgan fingerprint density at radius 2 is 1.95 bits per heavy atom. The molecule has 104 valence electrons. The predicted molar refractivity (Wildman–Crippen MR) is 79.2 cm³/mol. The van der Waals surface area contributed by atoms with Gasteiger partial charge in [0.25, 0.3) is 0 Å². The molecular weight excluding hydrogens is 256 g/mol. The number of nitrogens with zero attached hydrogens (tertiary/aromatic N) is 2. The molecule has 0 N–H and O–H groups in total. The van der Waals surface area contributed by atoms with Crippen molar-refractivity contribution in [1.29, 1.82) is 0 Å². The van der Waals surface area contributed by atoms with Gasteiger partial charge in [0.2, 0.25) is 0 Å². The minimum absolute atomic E-state index is 0.0708. The molecule has 19 heavy (non-hydrogen) atoms. The number of aromatic nitrogens is 1. The maximum Gasteiger partial charge on any atom is 0.186 e. The van der Waals surface area contributed by atoms with E-state index in [1.165, 1.54) is 25.7 Å². The highest BCUT2D eigenvalue weighted by molar-refractivity contribution is 7.17. The highest BCUT2D eigenvalue weighted by atomic mass is 32.1. The second kappa shape index (κ2) is 4.58. The van der Waals surface area contributed by atoms with E-state index in [1.54, 1.807) is 11.3 Å². The van der Waals surface area contributed by atoms with Gasteiger partial charge < -0.3 is 4.90 Å². The molecule has 0 atom stereocenters. The molecule has 1 fully saturated rings. The number of fused-ring (bicyclic) bond motifs is 1. The lowest BCUT2D eigenvalue weighted by Gasteiger charge is -2.26. The van der Waals surface area contributed by atoms with Crippen molar-refractivity contribution in [3.8, 4) is 0 Å². The fourth-order valence-electron chi connectivity index (χ4n) is 3.31. The Hall–Kier alpha value is -0.900. The van der Waals surface area contributed by atoms with Crippen molar-refractivity contribution in [2.75, 3.05) is 11.9 Å². The van der Waals surface area contributed by atoms with E-state index in [2.05, 4.69) is 25.8 Å². The maximum atomic E-state index is 12.2. The van der Waals surface area contributed by atoms with E-state index in [0.717, 1.165) is 22.1 Å². The quantitative estimate of drug-likeness (QED) is 0.827. The minimum Gasteiger partial charge on any atom is -0.348 e. The zero-order valence-electron chi connectivity index (χ0n) is 12.0. The highest BCUT2D eigenvalue weighted by Gasteiger charge is 2.35. The summed E-state index contributed by atoms with van der Waals surface area (Å²) in [6.07, 6.45) is 6.77. The molecule has 0 amide bonds. The Kier molecular flexibility index (Phi) is 3.16. The first-order valence-corrected chi connectivity index (χ1v) is 8.04. The zero-order chi connectivity index (χ0) is 13.6. The third kappa shape index (κ3) is 2.42. The van der Waals surface area contributed by atoms with Gasteiger partial charge in [-0.15, -0.1) is 0 Å². The third-order valence-electron chi connectivity index (χ3n) is 4.40. The van der Waals surface area contributed by atoms with Crippen LogP contribution in [0.25, 0.3) is 0 Å². The Labute approximate surface area is 119 Å². The first kappa shape index (κ1) is 13.1. The summed E-state index contributed by atoms with van der Waals surface area (Å²) in [5.41, 5.74) is 1.10. The van der Waals surface area contributed by atoms with Crippen LogP contribution in [0.5, 0.6) is 0 Å². The number of anilines is 1. The van der Waals surface area contributed by atoms with E-state index >= 15 is 0 Å².